The van der Waals surface area contributed by atoms with Crippen molar-refractivity contribution in [2.75, 3.05) is 9.80 Å². The molecule has 0 fully saturated rings. The van der Waals surface area contributed by atoms with Crippen LogP contribution in [0.1, 0.15) is 90.7 Å². The molecule has 2 heterocycles. The maximum absolute atomic E-state index is 14.9. The molecule has 0 saturated heterocycles. The summed E-state index contributed by atoms with van der Waals surface area (Å²) in [5, 5.41) is 9.15. The molecule has 2 aliphatic heterocycles. The van der Waals surface area contributed by atoms with Crippen LogP contribution < -0.4 is 52.2 Å². The second kappa shape index (κ2) is 19.1. The summed E-state index contributed by atoms with van der Waals surface area (Å²) in [5.41, 5.74) is 5.59. The summed E-state index contributed by atoms with van der Waals surface area (Å²) < 4.78 is 0. The van der Waals surface area contributed by atoms with Crippen LogP contribution in [-0.2, 0) is 5.41 Å². The molecule has 0 spiro atoms. The molecule has 78 heavy (non-hydrogen) atoms. The van der Waals surface area contributed by atoms with E-state index in [1.165, 1.54) is 41.6 Å². The quantitative estimate of drug-likeness (QED) is 0.0955. The van der Waals surface area contributed by atoms with Crippen molar-refractivity contribution in [3.63, 3.8) is 0 Å². The number of fused-ring (bicyclic) bond motifs is 3. The zero-order valence-corrected chi connectivity index (χ0v) is 45.5. The molecule has 0 radical (unpaired) electrons. The zero-order chi connectivity index (χ0) is 53.3. The summed E-state index contributed by atoms with van der Waals surface area (Å²) >= 11 is 0. The molecular weight excluding hydrogens is 995 g/mol. The van der Waals surface area contributed by atoms with E-state index in [0.29, 0.717) is 33.6 Å². The van der Waals surface area contributed by atoms with Gasteiger partial charge in [-0.3, -0.25) is 0 Å². The van der Waals surface area contributed by atoms with Crippen molar-refractivity contribution >= 4 is 92.0 Å². The van der Waals surface area contributed by atoms with Crippen molar-refractivity contribution < 1.29 is 19.2 Å². The van der Waals surface area contributed by atoms with E-state index < -0.39 is 14.5 Å². The summed E-state index contributed by atoms with van der Waals surface area (Å²) in [7, 11) is -5.92. The molecule has 2 atom stereocenters. The summed E-state index contributed by atoms with van der Waals surface area (Å²) in [6.45, 7) is 6.69. The first kappa shape index (κ1) is 48.9. The van der Waals surface area contributed by atoms with Crippen molar-refractivity contribution in [3.05, 3.63) is 300 Å². The molecular formula is C70H56N2O4P2. The van der Waals surface area contributed by atoms with Gasteiger partial charge in [-0.25, -0.2) is 0 Å². The van der Waals surface area contributed by atoms with Gasteiger partial charge >= 0.3 is 459 Å². The van der Waals surface area contributed by atoms with E-state index in [1.54, 1.807) is 0 Å². The van der Waals surface area contributed by atoms with Crippen LogP contribution in [0.15, 0.2) is 261 Å². The van der Waals surface area contributed by atoms with Gasteiger partial charge < -0.3 is 0 Å². The van der Waals surface area contributed by atoms with Gasteiger partial charge in [0.25, 0.3) is 0 Å². The zero-order valence-electron chi connectivity index (χ0n) is 43.5. The number of carbonyl (C=O) groups is 4. The Kier molecular flexibility index (Phi) is 12.0. The molecule has 2 unspecified atom stereocenters. The monoisotopic (exact) mass is 1050 g/mol. The van der Waals surface area contributed by atoms with Gasteiger partial charge in [-0.15, -0.1) is 0 Å². The molecule has 8 heteroatoms. The molecule has 380 valence electrons. The second-order valence-electron chi connectivity index (χ2n) is 21.5. The Hall–Kier alpha value is -8.66. The number of hydrogen-bond donors (Lipinski definition) is 0. The number of nitrogens with zero attached hydrogens (tertiary/aromatic N) is 2. The maximum atomic E-state index is 14.9. The van der Waals surface area contributed by atoms with Crippen molar-refractivity contribution in [1.82, 2.24) is 0 Å². The normalized spacial score (nSPS) is 17.0. The molecule has 4 amide bonds. The minimum absolute atomic E-state index is 0.00202. The van der Waals surface area contributed by atoms with Crippen LogP contribution in [-0.4, -0.2) is 23.6 Å². The summed E-state index contributed by atoms with van der Waals surface area (Å²) in [5.74, 6) is -1.35. The molecule has 0 aromatic heterocycles. The van der Waals surface area contributed by atoms with E-state index in [4.69, 9.17) is 0 Å². The summed E-state index contributed by atoms with van der Waals surface area (Å²) in [4.78, 5) is 61.2. The van der Waals surface area contributed by atoms with Crippen molar-refractivity contribution in [1.29, 1.82) is 0 Å². The van der Waals surface area contributed by atoms with Crippen molar-refractivity contribution in [2.24, 2.45) is 0 Å². The SMILES string of the molecule is CC1c2cc(N3C(=O)c4ccc([PH](c5ccccc5)(c5ccccc5)c5ccccc5)cc4C3=O)ccc2C(C)(C)C1c1ccc(N2C(=O)c3ccc([PH](c4ccccc4)(c4ccccc4)c4ccccc4)cc3C2=O)cc1. The summed E-state index contributed by atoms with van der Waals surface area (Å²) in [6.07, 6.45) is 0. The second-order valence-corrected chi connectivity index (χ2v) is 29.1. The van der Waals surface area contributed by atoms with E-state index in [9.17, 15) is 19.2 Å². The van der Waals surface area contributed by atoms with Gasteiger partial charge in [-0.05, 0) is 0 Å². The van der Waals surface area contributed by atoms with E-state index in [0.717, 1.165) is 27.3 Å². The first-order valence-corrected chi connectivity index (χ1v) is 30.7. The minimum atomic E-state index is -2.97. The predicted molar refractivity (Wildman–Crippen MR) is 325 cm³/mol. The molecule has 13 rings (SSSR count). The molecule has 6 nitrogen and oxygen atoms in total. The fraction of sp³-hybridized carbons (Fsp3) is 0.0857. The van der Waals surface area contributed by atoms with Gasteiger partial charge in [-0.2, -0.15) is 0 Å². The van der Waals surface area contributed by atoms with Gasteiger partial charge in [0.1, 0.15) is 0 Å². The van der Waals surface area contributed by atoms with E-state index in [2.05, 4.69) is 185 Å². The first-order valence-electron chi connectivity index (χ1n) is 26.7. The third kappa shape index (κ3) is 7.38. The number of benzene rings is 10. The molecule has 0 N–H and O–H groups in total. The Balaban J connectivity index is 0.802. The fourth-order valence-corrected chi connectivity index (χ4v) is 23.3. The van der Waals surface area contributed by atoms with Crippen LogP contribution in [0.3, 0.4) is 0 Å². The van der Waals surface area contributed by atoms with Crippen molar-refractivity contribution in [2.45, 2.75) is 38.0 Å². The van der Waals surface area contributed by atoms with E-state index >= 15 is 0 Å². The Morgan fingerprint density at radius 1 is 0.333 bits per heavy atom. The Morgan fingerprint density at radius 3 is 1.01 bits per heavy atom. The van der Waals surface area contributed by atoms with E-state index in [1.807, 2.05) is 97.1 Å². The van der Waals surface area contributed by atoms with Gasteiger partial charge in [0.05, 0.1) is 0 Å². The third-order valence-corrected chi connectivity index (χ3v) is 26.7. The molecule has 1 aliphatic carbocycles. The van der Waals surface area contributed by atoms with Crippen LogP contribution in [0.25, 0.3) is 0 Å². The Labute approximate surface area is 456 Å². The number of rotatable bonds is 11. The molecule has 0 bridgehead atoms. The van der Waals surface area contributed by atoms with Gasteiger partial charge in [0, 0.05) is 0 Å². The fourth-order valence-electron chi connectivity index (χ4n) is 13.7. The topological polar surface area (TPSA) is 74.8 Å². The average molecular weight is 1050 g/mol. The van der Waals surface area contributed by atoms with Gasteiger partial charge in [0.2, 0.25) is 0 Å². The van der Waals surface area contributed by atoms with Crippen LogP contribution in [0.5, 0.6) is 0 Å². The standard InChI is InChI=1S/C70H56N2O4P2/c1-47-61-44-50(72-67(74)60-42-40-58(46-63(60)69(72)76)78(54-28-16-7-17-29-54,55-30-18-8-19-31-55)56-32-20-9-21-33-56)38-43-64(61)70(2,3)65(47)48-34-36-49(37-35-48)71-66(73)59-41-39-57(45-62(59)68(71)75)77(51-22-10-4-11-23-51,52-24-12-5-13-25-52)53-26-14-6-15-27-53/h4-47,65,77-78H,1-3H3. The predicted octanol–water partition coefficient (Wildman–Crippen LogP) is 11.2. The number of anilines is 2. The Morgan fingerprint density at radius 2 is 0.654 bits per heavy atom. The molecule has 10 aromatic rings. The van der Waals surface area contributed by atoms with Crippen LogP contribution in [0.2, 0.25) is 0 Å². The van der Waals surface area contributed by atoms with Crippen LogP contribution in [0, 0.1) is 0 Å². The van der Waals surface area contributed by atoms with Gasteiger partial charge in [0.15, 0.2) is 0 Å². The molecule has 3 aliphatic rings. The van der Waals surface area contributed by atoms with Crippen molar-refractivity contribution in [3.8, 4) is 0 Å². The molecule has 10 aromatic carbocycles. The van der Waals surface area contributed by atoms with Crippen LogP contribution >= 0.6 is 14.5 Å². The number of carbonyl (C=O) groups excluding carboxylic acids is 4. The number of hydrogen-bond acceptors (Lipinski definition) is 4. The third-order valence-electron chi connectivity index (χ3n) is 17.1. The van der Waals surface area contributed by atoms with Gasteiger partial charge in [-0.1, -0.05) is 0 Å². The summed E-state index contributed by atoms with van der Waals surface area (Å²) in [6, 6.07) is 89.0. The Bertz CT molecular complexity index is 3790. The molecule has 0 saturated carbocycles. The average Bonchev–Trinajstić information content (AvgIpc) is 4.16. The number of imide groups is 2. The number of amides is 4. The van der Waals surface area contributed by atoms with Crippen LogP contribution in [0.4, 0.5) is 11.4 Å². The van der Waals surface area contributed by atoms with E-state index in [-0.39, 0.29) is 40.9 Å². The first-order chi connectivity index (χ1) is 38.0.